The summed E-state index contributed by atoms with van der Waals surface area (Å²) in [5.74, 6) is 2.07. The average molecular weight is 499 g/mol. The molecule has 8 nitrogen and oxygen atoms in total. The number of nitrogens with zero attached hydrogens (tertiary/aromatic N) is 5. The van der Waals surface area contributed by atoms with Gasteiger partial charge in [0, 0.05) is 42.1 Å². The van der Waals surface area contributed by atoms with Crippen LogP contribution in [0.4, 0.5) is 21.8 Å². The molecule has 0 aromatic carbocycles. The first-order chi connectivity index (χ1) is 18.0. The molecule has 2 fully saturated rings. The van der Waals surface area contributed by atoms with Crippen molar-refractivity contribution in [3.8, 4) is 11.4 Å². The smallest absolute Gasteiger partial charge is 0.167 e. The first-order valence-corrected chi connectivity index (χ1v) is 12.9. The molecule has 190 valence electrons. The van der Waals surface area contributed by atoms with Gasteiger partial charge >= 0.3 is 0 Å². The van der Waals surface area contributed by atoms with E-state index in [-0.39, 0.29) is 17.3 Å². The summed E-state index contributed by atoms with van der Waals surface area (Å²) in [6, 6.07) is 6.86. The molecule has 0 spiro atoms. The zero-order valence-electron chi connectivity index (χ0n) is 21.1. The van der Waals surface area contributed by atoms with Crippen LogP contribution in [0, 0.1) is 11.2 Å². The molecule has 3 N–H and O–H groups in total. The number of piperidine rings is 1. The Labute approximate surface area is 215 Å². The van der Waals surface area contributed by atoms with Crippen LogP contribution in [-0.4, -0.2) is 44.1 Å². The SMILES string of the molecule is CC1(C)CNCC[C@@H]1Nc1nc(-c2ccnc(Nc3ncccc3F)c2)nc2cncc(C3CCC3)c12. The molecular formula is C28H31FN8. The number of aromatic nitrogens is 5. The molecule has 0 amide bonds. The number of fused-ring (bicyclic) bond motifs is 1. The van der Waals surface area contributed by atoms with Crippen molar-refractivity contribution >= 4 is 28.4 Å². The summed E-state index contributed by atoms with van der Waals surface area (Å²) in [4.78, 5) is 23.0. The van der Waals surface area contributed by atoms with Gasteiger partial charge in [0.05, 0.1) is 11.7 Å². The highest BCUT2D eigenvalue weighted by molar-refractivity contribution is 5.93. The topological polar surface area (TPSA) is 101 Å². The van der Waals surface area contributed by atoms with E-state index in [0.29, 0.717) is 17.6 Å². The van der Waals surface area contributed by atoms with Gasteiger partial charge in [-0.05, 0) is 67.0 Å². The standard InChI is InChI=1S/C28H31FN8/c1-28(2)16-30-11-9-22(28)35-27-24-19(17-5-3-6-17)14-31-15-21(24)34-25(37-27)18-8-12-32-23(13-18)36-26-20(29)7-4-10-33-26/h4,7-8,10,12-15,17,22,30H,3,5-6,9,11,16H2,1-2H3,(H,32,33,36)(H,34,35,37)/t22-/m0/s1. The quantitative estimate of drug-likeness (QED) is 0.323. The number of hydrogen-bond donors (Lipinski definition) is 3. The summed E-state index contributed by atoms with van der Waals surface area (Å²) < 4.78 is 14.2. The number of halogens is 1. The van der Waals surface area contributed by atoms with Crippen molar-refractivity contribution in [2.75, 3.05) is 23.7 Å². The van der Waals surface area contributed by atoms with Gasteiger partial charge in [0.1, 0.15) is 11.6 Å². The van der Waals surface area contributed by atoms with Crippen LogP contribution in [0.3, 0.4) is 0 Å². The van der Waals surface area contributed by atoms with E-state index >= 15 is 0 Å². The molecular weight excluding hydrogens is 467 g/mol. The van der Waals surface area contributed by atoms with Gasteiger partial charge in [-0.25, -0.2) is 24.3 Å². The molecule has 9 heteroatoms. The summed E-state index contributed by atoms with van der Waals surface area (Å²) in [5.41, 5.74) is 2.90. The first-order valence-electron chi connectivity index (χ1n) is 12.9. The van der Waals surface area contributed by atoms with Crippen LogP contribution in [0.5, 0.6) is 0 Å². The Morgan fingerprint density at radius 1 is 1.03 bits per heavy atom. The summed E-state index contributed by atoms with van der Waals surface area (Å²) in [7, 11) is 0. The van der Waals surface area contributed by atoms with Crippen molar-refractivity contribution in [3.63, 3.8) is 0 Å². The van der Waals surface area contributed by atoms with E-state index in [1.165, 1.54) is 37.1 Å². The molecule has 6 rings (SSSR count). The third-order valence-electron chi connectivity index (χ3n) is 7.65. The Morgan fingerprint density at radius 3 is 2.70 bits per heavy atom. The summed E-state index contributed by atoms with van der Waals surface area (Å²) in [6.07, 6.45) is 11.6. The van der Waals surface area contributed by atoms with Crippen molar-refractivity contribution in [1.82, 2.24) is 30.2 Å². The fraction of sp³-hybridized carbons (Fsp3) is 0.393. The molecule has 0 radical (unpaired) electrons. The second-order valence-corrected chi connectivity index (χ2v) is 10.7. The van der Waals surface area contributed by atoms with Crippen molar-refractivity contribution in [2.45, 2.75) is 51.5 Å². The second-order valence-electron chi connectivity index (χ2n) is 10.7. The molecule has 1 aliphatic carbocycles. The molecule has 4 aromatic rings. The molecule has 1 aliphatic heterocycles. The largest absolute Gasteiger partial charge is 0.366 e. The zero-order valence-corrected chi connectivity index (χ0v) is 21.1. The summed E-state index contributed by atoms with van der Waals surface area (Å²) in [6.45, 7) is 6.48. The van der Waals surface area contributed by atoms with Gasteiger partial charge in [-0.15, -0.1) is 0 Å². The molecule has 4 aromatic heterocycles. The van der Waals surface area contributed by atoms with E-state index in [2.05, 4.69) is 44.7 Å². The van der Waals surface area contributed by atoms with Crippen LogP contribution in [0.15, 0.2) is 49.1 Å². The van der Waals surface area contributed by atoms with Crippen molar-refractivity contribution in [1.29, 1.82) is 0 Å². The van der Waals surface area contributed by atoms with E-state index in [1.807, 2.05) is 24.5 Å². The summed E-state index contributed by atoms with van der Waals surface area (Å²) >= 11 is 0. The monoisotopic (exact) mass is 498 g/mol. The van der Waals surface area contributed by atoms with Crippen molar-refractivity contribution in [2.24, 2.45) is 5.41 Å². The Balaban J connectivity index is 1.43. The Morgan fingerprint density at radius 2 is 1.92 bits per heavy atom. The second kappa shape index (κ2) is 9.63. The lowest BCUT2D eigenvalue weighted by Crippen LogP contribution is -2.49. The highest BCUT2D eigenvalue weighted by Gasteiger charge is 2.33. The minimum atomic E-state index is -0.442. The predicted octanol–water partition coefficient (Wildman–Crippen LogP) is 5.43. The molecule has 2 aliphatic rings. The van der Waals surface area contributed by atoms with E-state index in [1.54, 1.807) is 12.3 Å². The lowest BCUT2D eigenvalue weighted by molar-refractivity contribution is 0.236. The van der Waals surface area contributed by atoms with Gasteiger partial charge < -0.3 is 16.0 Å². The Kier molecular flexibility index (Phi) is 6.16. The van der Waals surface area contributed by atoms with Crippen LogP contribution in [-0.2, 0) is 0 Å². The van der Waals surface area contributed by atoms with Gasteiger partial charge in [0.15, 0.2) is 17.5 Å². The van der Waals surface area contributed by atoms with Crippen LogP contribution in [0.1, 0.15) is 51.0 Å². The molecule has 1 saturated carbocycles. The number of pyridine rings is 3. The van der Waals surface area contributed by atoms with Crippen molar-refractivity contribution in [3.05, 3.63) is 60.4 Å². The minimum Gasteiger partial charge on any atom is -0.366 e. The van der Waals surface area contributed by atoms with Crippen LogP contribution in [0.25, 0.3) is 22.3 Å². The van der Waals surface area contributed by atoms with Gasteiger partial charge in [-0.1, -0.05) is 20.3 Å². The fourth-order valence-corrected chi connectivity index (χ4v) is 5.21. The van der Waals surface area contributed by atoms with Crippen LogP contribution >= 0.6 is 0 Å². The summed E-state index contributed by atoms with van der Waals surface area (Å²) in [5, 5.41) is 11.4. The van der Waals surface area contributed by atoms with E-state index in [4.69, 9.17) is 9.97 Å². The third-order valence-corrected chi connectivity index (χ3v) is 7.65. The third kappa shape index (κ3) is 4.71. The predicted molar refractivity (Wildman–Crippen MR) is 143 cm³/mol. The maximum atomic E-state index is 14.2. The fourth-order valence-electron chi connectivity index (χ4n) is 5.21. The van der Waals surface area contributed by atoms with Gasteiger partial charge in [-0.2, -0.15) is 0 Å². The van der Waals surface area contributed by atoms with Gasteiger partial charge in [-0.3, -0.25) is 4.98 Å². The zero-order chi connectivity index (χ0) is 25.4. The lowest BCUT2D eigenvalue weighted by Gasteiger charge is -2.40. The van der Waals surface area contributed by atoms with Crippen LogP contribution in [0.2, 0.25) is 0 Å². The lowest BCUT2D eigenvalue weighted by atomic mass is 9.78. The average Bonchev–Trinajstić information content (AvgIpc) is 2.86. The molecule has 0 unspecified atom stereocenters. The number of anilines is 3. The number of hydrogen-bond acceptors (Lipinski definition) is 8. The van der Waals surface area contributed by atoms with E-state index in [9.17, 15) is 4.39 Å². The Hall–Kier alpha value is -3.72. The molecule has 37 heavy (non-hydrogen) atoms. The molecule has 0 bridgehead atoms. The number of rotatable bonds is 6. The highest BCUT2D eigenvalue weighted by atomic mass is 19.1. The number of nitrogens with one attached hydrogen (secondary N) is 3. The van der Waals surface area contributed by atoms with E-state index < -0.39 is 5.82 Å². The minimum absolute atomic E-state index is 0.0693. The van der Waals surface area contributed by atoms with Gasteiger partial charge in [0.2, 0.25) is 0 Å². The first kappa shape index (κ1) is 23.7. The van der Waals surface area contributed by atoms with Crippen LogP contribution < -0.4 is 16.0 Å². The molecule has 5 heterocycles. The highest BCUT2D eigenvalue weighted by Crippen LogP contribution is 2.42. The van der Waals surface area contributed by atoms with Gasteiger partial charge in [0.25, 0.3) is 0 Å². The maximum absolute atomic E-state index is 14.2. The van der Waals surface area contributed by atoms with E-state index in [0.717, 1.165) is 41.8 Å². The Bertz CT molecular complexity index is 1440. The molecule has 1 atom stereocenters. The normalized spacial score (nSPS) is 19.4. The molecule has 1 saturated heterocycles. The van der Waals surface area contributed by atoms with Crippen molar-refractivity contribution < 1.29 is 4.39 Å². The maximum Gasteiger partial charge on any atom is 0.167 e.